The van der Waals surface area contributed by atoms with Crippen molar-refractivity contribution in [2.24, 2.45) is 0 Å². The summed E-state index contributed by atoms with van der Waals surface area (Å²) in [7, 11) is 0. The van der Waals surface area contributed by atoms with Crippen molar-refractivity contribution in [1.29, 1.82) is 0 Å². The standard InChI is InChI=1S/C22H27N3O3S/c1-2-3-11-20(26)23-17-8-4-7-16(14-17)21(27)24-18-9-5-12-25(15-18)22(28)19-10-6-13-29-19/h4,6-8,10,13-14,18H,2-3,5,9,11-12,15H2,1H3,(H,23,26)(H,24,27)/t18-/m1/s1. The molecule has 6 nitrogen and oxygen atoms in total. The van der Waals surface area contributed by atoms with Crippen LogP contribution in [0.3, 0.4) is 0 Å². The van der Waals surface area contributed by atoms with Crippen LogP contribution >= 0.6 is 11.3 Å². The summed E-state index contributed by atoms with van der Waals surface area (Å²) in [5, 5.41) is 7.77. The fourth-order valence-corrected chi connectivity index (χ4v) is 4.09. The molecular weight excluding hydrogens is 386 g/mol. The number of nitrogens with zero attached hydrogens (tertiary/aromatic N) is 1. The first-order valence-electron chi connectivity index (χ1n) is 10.1. The van der Waals surface area contributed by atoms with Gasteiger partial charge >= 0.3 is 0 Å². The maximum Gasteiger partial charge on any atom is 0.263 e. The summed E-state index contributed by atoms with van der Waals surface area (Å²) in [6.45, 7) is 3.26. The van der Waals surface area contributed by atoms with E-state index in [-0.39, 0.29) is 23.8 Å². The first kappa shape index (κ1) is 21.0. The number of hydrogen-bond donors (Lipinski definition) is 2. The maximum absolute atomic E-state index is 12.7. The normalized spacial score (nSPS) is 16.3. The zero-order chi connectivity index (χ0) is 20.6. The van der Waals surface area contributed by atoms with E-state index in [0.717, 1.165) is 30.6 Å². The lowest BCUT2D eigenvalue weighted by Crippen LogP contribution is -2.49. The van der Waals surface area contributed by atoms with Crippen molar-refractivity contribution in [2.75, 3.05) is 18.4 Å². The van der Waals surface area contributed by atoms with Gasteiger partial charge in [0.25, 0.3) is 11.8 Å². The van der Waals surface area contributed by atoms with E-state index in [4.69, 9.17) is 0 Å². The molecular formula is C22H27N3O3S. The summed E-state index contributed by atoms with van der Waals surface area (Å²) < 4.78 is 0. The van der Waals surface area contributed by atoms with Gasteiger partial charge in [-0.1, -0.05) is 25.5 Å². The van der Waals surface area contributed by atoms with Crippen LogP contribution in [-0.2, 0) is 4.79 Å². The van der Waals surface area contributed by atoms with Gasteiger partial charge in [-0.05, 0) is 48.9 Å². The Morgan fingerprint density at radius 1 is 1.21 bits per heavy atom. The number of unbranched alkanes of at least 4 members (excludes halogenated alkanes) is 1. The number of rotatable bonds is 7. The highest BCUT2D eigenvalue weighted by molar-refractivity contribution is 7.12. The number of carbonyl (C=O) groups excluding carboxylic acids is 3. The third kappa shape index (κ3) is 5.90. The number of thiophene rings is 1. The minimum absolute atomic E-state index is 0.0238. The van der Waals surface area contributed by atoms with Crippen molar-refractivity contribution in [3.8, 4) is 0 Å². The minimum Gasteiger partial charge on any atom is -0.348 e. The van der Waals surface area contributed by atoms with E-state index in [2.05, 4.69) is 10.6 Å². The Morgan fingerprint density at radius 3 is 2.83 bits per heavy atom. The number of benzene rings is 1. The van der Waals surface area contributed by atoms with Crippen molar-refractivity contribution in [3.05, 3.63) is 52.2 Å². The van der Waals surface area contributed by atoms with E-state index in [0.29, 0.717) is 30.8 Å². The summed E-state index contributed by atoms with van der Waals surface area (Å²) in [6.07, 6.45) is 3.98. The maximum atomic E-state index is 12.7. The molecule has 2 N–H and O–H groups in total. The minimum atomic E-state index is -0.190. The van der Waals surface area contributed by atoms with Gasteiger partial charge in [0.2, 0.25) is 5.91 Å². The average Bonchev–Trinajstić information content (AvgIpc) is 3.27. The van der Waals surface area contributed by atoms with E-state index < -0.39 is 0 Å². The molecule has 1 atom stereocenters. The molecule has 0 radical (unpaired) electrons. The lowest BCUT2D eigenvalue weighted by atomic mass is 10.0. The first-order valence-corrected chi connectivity index (χ1v) is 11.0. The Hall–Kier alpha value is -2.67. The van der Waals surface area contributed by atoms with Gasteiger partial charge in [0, 0.05) is 36.8 Å². The highest BCUT2D eigenvalue weighted by Crippen LogP contribution is 2.18. The fraction of sp³-hybridized carbons (Fsp3) is 0.409. The number of anilines is 1. The number of piperidine rings is 1. The molecule has 2 heterocycles. The van der Waals surface area contributed by atoms with Crippen LogP contribution < -0.4 is 10.6 Å². The quantitative estimate of drug-likeness (QED) is 0.722. The summed E-state index contributed by atoms with van der Waals surface area (Å²) in [5.74, 6) is -0.208. The van der Waals surface area contributed by atoms with Crippen LogP contribution in [0.1, 0.15) is 59.1 Å². The molecule has 3 amide bonds. The summed E-state index contributed by atoms with van der Waals surface area (Å²) in [6, 6.07) is 10.6. The Bertz CT molecular complexity index is 851. The van der Waals surface area contributed by atoms with Gasteiger partial charge in [0.15, 0.2) is 0 Å². The Labute approximate surface area is 175 Å². The van der Waals surface area contributed by atoms with Gasteiger partial charge in [-0.3, -0.25) is 14.4 Å². The van der Waals surface area contributed by atoms with Crippen LogP contribution in [0.15, 0.2) is 41.8 Å². The summed E-state index contributed by atoms with van der Waals surface area (Å²) in [5.41, 5.74) is 1.12. The molecule has 0 spiro atoms. The molecule has 1 aliphatic heterocycles. The van der Waals surface area contributed by atoms with Crippen molar-refractivity contribution in [3.63, 3.8) is 0 Å². The van der Waals surface area contributed by atoms with Crippen molar-refractivity contribution in [2.45, 2.75) is 45.1 Å². The zero-order valence-electron chi connectivity index (χ0n) is 16.6. The van der Waals surface area contributed by atoms with Crippen LogP contribution in [0, 0.1) is 0 Å². The Kier molecular flexibility index (Phi) is 7.41. The molecule has 7 heteroatoms. The van der Waals surface area contributed by atoms with Gasteiger partial charge < -0.3 is 15.5 Å². The predicted molar refractivity (Wildman–Crippen MR) is 115 cm³/mol. The van der Waals surface area contributed by atoms with E-state index in [9.17, 15) is 14.4 Å². The van der Waals surface area contributed by atoms with Crippen molar-refractivity contribution < 1.29 is 14.4 Å². The van der Waals surface area contributed by atoms with Crippen LogP contribution in [0.2, 0.25) is 0 Å². The van der Waals surface area contributed by atoms with Gasteiger partial charge in [-0.25, -0.2) is 0 Å². The van der Waals surface area contributed by atoms with Gasteiger partial charge in [0.1, 0.15) is 0 Å². The fourth-order valence-electron chi connectivity index (χ4n) is 3.40. The number of likely N-dealkylation sites (tertiary alicyclic amines) is 1. The average molecular weight is 414 g/mol. The van der Waals surface area contributed by atoms with E-state index >= 15 is 0 Å². The second-order valence-corrected chi connectivity index (χ2v) is 8.22. The molecule has 0 bridgehead atoms. The van der Waals surface area contributed by atoms with Gasteiger partial charge in [-0.15, -0.1) is 11.3 Å². The third-order valence-electron chi connectivity index (χ3n) is 4.94. The lowest BCUT2D eigenvalue weighted by Gasteiger charge is -2.33. The highest BCUT2D eigenvalue weighted by Gasteiger charge is 2.26. The van der Waals surface area contributed by atoms with Gasteiger partial charge in [-0.2, -0.15) is 0 Å². The molecule has 154 valence electrons. The molecule has 1 aromatic carbocycles. The van der Waals surface area contributed by atoms with E-state index in [1.54, 1.807) is 24.3 Å². The number of nitrogens with one attached hydrogen (secondary N) is 2. The Morgan fingerprint density at radius 2 is 2.07 bits per heavy atom. The molecule has 0 unspecified atom stereocenters. The van der Waals surface area contributed by atoms with E-state index in [1.165, 1.54) is 11.3 Å². The van der Waals surface area contributed by atoms with Crippen LogP contribution in [-0.4, -0.2) is 41.8 Å². The SMILES string of the molecule is CCCCC(=O)Nc1cccc(C(=O)N[C@@H]2CCCN(C(=O)c3cccs3)C2)c1. The number of hydrogen-bond acceptors (Lipinski definition) is 4. The molecule has 1 aromatic heterocycles. The zero-order valence-corrected chi connectivity index (χ0v) is 17.5. The van der Waals surface area contributed by atoms with Gasteiger partial charge in [0.05, 0.1) is 4.88 Å². The van der Waals surface area contributed by atoms with Crippen molar-refractivity contribution >= 4 is 34.7 Å². The Balaban J connectivity index is 1.57. The second kappa shape index (κ2) is 10.2. The summed E-state index contributed by atoms with van der Waals surface area (Å²) >= 11 is 1.43. The molecule has 1 aliphatic rings. The van der Waals surface area contributed by atoms with Crippen LogP contribution in [0.5, 0.6) is 0 Å². The van der Waals surface area contributed by atoms with E-state index in [1.807, 2.05) is 29.3 Å². The highest BCUT2D eigenvalue weighted by atomic mass is 32.1. The molecule has 1 saturated heterocycles. The smallest absolute Gasteiger partial charge is 0.263 e. The van der Waals surface area contributed by atoms with Crippen LogP contribution in [0.25, 0.3) is 0 Å². The monoisotopic (exact) mass is 413 g/mol. The van der Waals surface area contributed by atoms with Crippen molar-refractivity contribution in [1.82, 2.24) is 10.2 Å². The number of amides is 3. The molecule has 29 heavy (non-hydrogen) atoms. The molecule has 0 saturated carbocycles. The molecule has 3 rings (SSSR count). The largest absolute Gasteiger partial charge is 0.348 e. The molecule has 1 fully saturated rings. The first-order chi connectivity index (χ1) is 14.1. The molecule has 0 aliphatic carbocycles. The molecule has 2 aromatic rings. The topological polar surface area (TPSA) is 78.5 Å². The summed E-state index contributed by atoms with van der Waals surface area (Å²) in [4.78, 5) is 39.7. The van der Waals surface area contributed by atoms with Crippen LogP contribution in [0.4, 0.5) is 5.69 Å². The number of carbonyl (C=O) groups is 3. The third-order valence-corrected chi connectivity index (χ3v) is 5.80. The lowest BCUT2D eigenvalue weighted by molar-refractivity contribution is -0.116. The second-order valence-electron chi connectivity index (χ2n) is 7.27. The predicted octanol–water partition coefficient (Wildman–Crippen LogP) is 3.91.